The molecule has 5 heterocycles. The SMILES string of the molecule is CN1CCN(c2cc(C(=O)Cc3cc4nc(-c5ccc(N(C)C)nc5)ccc4cn3)ccn2)CC1. The number of ketones is 1. The molecule has 0 spiro atoms. The Hall–Kier alpha value is -3.91. The van der Waals surface area contributed by atoms with Gasteiger partial charge in [0.2, 0.25) is 0 Å². The molecule has 178 valence electrons. The third-order valence-electron chi connectivity index (χ3n) is 6.37. The predicted octanol–water partition coefficient (Wildman–Crippen LogP) is 3.33. The lowest BCUT2D eigenvalue weighted by molar-refractivity contribution is 0.0992. The number of anilines is 2. The van der Waals surface area contributed by atoms with E-state index in [1.807, 2.05) is 61.6 Å². The fraction of sp³-hybridized carbons (Fsp3) is 0.296. The van der Waals surface area contributed by atoms with Crippen LogP contribution in [-0.4, -0.2) is 77.9 Å². The van der Waals surface area contributed by atoms with Crippen LogP contribution in [-0.2, 0) is 6.42 Å². The first-order valence-corrected chi connectivity index (χ1v) is 11.8. The molecule has 0 atom stereocenters. The van der Waals surface area contributed by atoms with Crippen molar-refractivity contribution in [1.29, 1.82) is 0 Å². The average molecular weight is 468 g/mol. The number of Topliss-reactive ketones (excluding diaryl/α,β-unsaturated/α-hetero) is 1. The summed E-state index contributed by atoms with van der Waals surface area (Å²) in [7, 11) is 6.05. The van der Waals surface area contributed by atoms with Gasteiger partial charge in [0.15, 0.2) is 5.78 Å². The Bertz CT molecular complexity index is 1350. The summed E-state index contributed by atoms with van der Waals surface area (Å²) < 4.78 is 0. The van der Waals surface area contributed by atoms with Crippen LogP contribution in [0.3, 0.4) is 0 Å². The molecule has 0 aliphatic carbocycles. The second-order valence-corrected chi connectivity index (χ2v) is 9.16. The molecule has 1 aliphatic heterocycles. The second-order valence-electron chi connectivity index (χ2n) is 9.16. The number of hydrogen-bond acceptors (Lipinski definition) is 8. The van der Waals surface area contributed by atoms with E-state index in [-0.39, 0.29) is 12.2 Å². The highest BCUT2D eigenvalue weighted by atomic mass is 16.1. The highest BCUT2D eigenvalue weighted by Gasteiger charge is 2.17. The number of likely N-dealkylation sites (N-methyl/N-ethyl adjacent to an activating group) is 1. The van der Waals surface area contributed by atoms with Gasteiger partial charge in [-0.2, -0.15) is 0 Å². The quantitative estimate of drug-likeness (QED) is 0.400. The van der Waals surface area contributed by atoms with Gasteiger partial charge in [-0.25, -0.2) is 15.0 Å². The first-order chi connectivity index (χ1) is 17.0. The Morgan fingerprint density at radius 2 is 1.77 bits per heavy atom. The van der Waals surface area contributed by atoms with Crippen LogP contribution < -0.4 is 9.80 Å². The lowest BCUT2D eigenvalue weighted by Gasteiger charge is -2.33. The summed E-state index contributed by atoms with van der Waals surface area (Å²) in [5.74, 6) is 1.77. The molecule has 0 radical (unpaired) electrons. The summed E-state index contributed by atoms with van der Waals surface area (Å²) >= 11 is 0. The van der Waals surface area contributed by atoms with Crippen molar-refractivity contribution < 1.29 is 4.79 Å². The molecule has 0 saturated carbocycles. The molecule has 1 aliphatic rings. The first kappa shape index (κ1) is 22.9. The van der Waals surface area contributed by atoms with E-state index in [2.05, 4.69) is 31.8 Å². The van der Waals surface area contributed by atoms with Crippen molar-refractivity contribution in [3.63, 3.8) is 0 Å². The van der Waals surface area contributed by atoms with Gasteiger partial charge in [-0.15, -0.1) is 0 Å². The van der Waals surface area contributed by atoms with Gasteiger partial charge in [0.25, 0.3) is 0 Å². The van der Waals surface area contributed by atoms with Crippen LogP contribution in [0, 0.1) is 0 Å². The highest BCUT2D eigenvalue weighted by molar-refractivity contribution is 5.98. The van der Waals surface area contributed by atoms with Gasteiger partial charge in [-0.3, -0.25) is 9.78 Å². The Morgan fingerprint density at radius 3 is 2.51 bits per heavy atom. The van der Waals surface area contributed by atoms with Gasteiger partial charge in [0, 0.05) is 75.4 Å². The number of carbonyl (C=O) groups excluding carboxylic acids is 1. The lowest BCUT2D eigenvalue weighted by atomic mass is 10.1. The van der Waals surface area contributed by atoms with Crippen molar-refractivity contribution in [2.24, 2.45) is 0 Å². The molecule has 0 aromatic carbocycles. The summed E-state index contributed by atoms with van der Waals surface area (Å²) in [5.41, 5.74) is 3.95. The molecule has 4 aromatic heterocycles. The summed E-state index contributed by atoms with van der Waals surface area (Å²) in [6.45, 7) is 3.81. The molecular weight excluding hydrogens is 438 g/mol. The third-order valence-corrected chi connectivity index (χ3v) is 6.37. The van der Waals surface area contributed by atoms with Crippen molar-refractivity contribution in [2.75, 3.05) is 57.1 Å². The van der Waals surface area contributed by atoms with Crippen molar-refractivity contribution in [1.82, 2.24) is 24.8 Å². The van der Waals surface area contributed by atoms with Crippen LogP contribution in [0.15, 0.2) is 61.1 Å². The molecule has 5 rings (SSSR count). The van der Waals surface area contributed by atoms with E-state index in [0.29, 0.717) is 11.3 Å². The zero-order valence-corrected chi connectivity index (χ0v) is 20.3. The Morgan fingerprint density at radius 1 is 0.943 bits per heavy atom. The third kappa shape index (κ3) is 5.12. The fourth-order valence-corrected chi connectivity index (χ4v) is 4.18. The fourth-order valence-electron chi connectivity index (χ4n) is 4.18. The van der Waals surface area contributed by atoms with Crippen LogP contribution in [0.1, 0.15) is 16.1 Å². The minimum Gasteiger partial charge on any atom is -0.363 e. The molecular formula is C27H29N7O. The maximum absolute atomic E-state index is 13.1. The Kier molecular flexibility index (Phi) is 6.37. The maximum Gasteiger partial charge on any atom is 0.169 e. The average Bonchev–Trinajstić information content (AvgIpc) is 2.89. The first-order valence-electron chi connectivity index (χ1n) is 11.8. The van der Waals surface area contributed by atoms with Crippen LogP contribution in [0.25, 0.3) is 22.2 Å². The Balaban J connectivity index is 1.34. The van der Waals surface area contributed by atoms with E-state index in [1.165, 1.54) is 0 Å². The molecule has 35 heavy (non-hydrogen) atoms. The minimum absolute atomic E-state index is 0.0225. The van der Waals surface area contributed by atoms with Gasteiger partial charge < -0.3 is 14.7 Å². The van der Waals surface area contributed by atoms with Crippen LogP contribution in [0.2, 0.25) is 0 Å². The van der Waals surface area contributed by atoms with Gasteiger partial charge in [0.05, 0.1) is 23.3 Å². The number of carbonyl (C=O) groups is 1. The molecule has 8 heteroatoms. The van der Waals surface area contributed by atoms with E-state index >= 15 is 0 Å². The van der Waals surface area contributed by atoms with Crippen LogP contribution >= 0.6 is 0 Å². The molecule has 0 N–H and O–H groups in total. The number of pyridine rings is 4. The van der Waals surface area contributed by atoms with E-state index in [9.17, 15) is 4.79 Å². The number of rotatable bonds is 6. The molecule has 0 amide bonds. The summed E-state index contributed by atoms with van der Waals surface area (Å²) in [4.78, 5) is 37.9. The predicted molar refractivity (Wildman–Crippen MR) is 139 cm³/mol. The van der Waals surface area contributed by atoms with Crippen molar-refractivity contribution >= 4 is 28.3 Å². The standard InChI is InChI=1S/C27H29N7O/c1-32(2)26-7-5-20(18-30-26)23-6-4-21-17-29-22(15-24(21)31-23)16-25(35)19-8-9-28-27(14-19)34-12-10-33(3)11-13-34/h4-9,14-15,17-18H,10-13,16H2,1-3H3. The van der Waals surface area contributed by atoms with E-state index < -0.39 is 0 Å². The molecule has 0 bridgehead atoms. The van der Waals surface area contributed by atoms with Crippen molar-refractivity contribution in [2.45, 2.75) is 6.42 Å². The monoisotopic (exact) mass is 467 g/mol. The molecule has 4 aromatic rings. The topological polar surface area (TPSA) is 78.4 Å². The minimum atomic E-state index is 0.0225. The van der Waals surface area contributed by atoms with E-state index in [1.54, 1.807) is 18.5 Å². The lowest BCUT2D eigenvalue weighted by Crippen LogP contribution is -2.44. The normalized spacial score (nSPS) is 14.3. The van der Waals surface area contributed by atoms with E-state index in [4.69, 9.17) is 4.98 Å². The highest BCUT2D eigenvalue weighted by Crippen LogP contribution is 2.23. The number of aromatic nitrogens is 4. The van der Waals surface area contributed by atoms with Crippen molar-refractivity contribution in [3.8, 4) is 11.3 Å². The summed E-state index contributed by atoms with van der Waals surface area (Å²) in [6.07, 6.45) is 5.55. The zero-order valence-electron chi connectivity index (χ0n) is 20.3. The number of piperazine rings is 1. The Labute approximate surface area is 205 Å². The number of nitrogens with zero attached hydrogens (tertiary/aromatic N) is 7. The molecule has 1 fully saturated rings. The van der Waals surface area contributed by atoms with Gasteiger partial charge in [-0.1, -0.05) is 0 Å². The van der Waals surface area contributed by atoms with Gasteiger partial charge in [0.1, 0.15) is 11.6 Å². The molecule has 1 saturated heterocycles. The second kappa shape index (κ2) is 9.76. The largest absolute Gasteiger partial charge is 0.363 e. The summed E-state index contributed by atoms with van der Waals surface area (Å²) in [6, 6.07) is 13.5. The van der Waals surface area contributed by atoms with Crippen LogP contribution in [0.4, 0.5) is 11.6 Å². The molecule has 8 nitrogen and oxygen atoms in total. The van der Waals surface area contributed by atoms with Crippen molar-refractivity contribution in [3.05, 3.63) is 72.3 Å². The maximum atomic E-state index is 13.1. The van der Waals surface area contributed by atoms with Crippen LogP contribution in [0.5, 0.6) is 0 Å². The number of hydrogen-bond donors (Lipinski definition) is 0. The number of fused-ring (bicyclic) bond motifs is 1. The van der Waals surface area contributed by atoms with Gasteiger partial charge in [-0.05, 0) is 49.5 Å². The van der Waals surface area contributed by atoms with E-state index in [0.717, 1.165) is 60.0 Å². The smallest absolute Gasteiger partial charge is 0.169 e. The summed E-state index contributed by atoms with van der Waals surface area (Å²) in [5, 5.41) is 0.934. The zero-order chi connectivity index (χ0) is 24.4. The molecule has 0 unspecified atom stereocenters. The van der Waals surface area contributed by atoms with Gasteiger partial charge >= 0.3 is 0 Å².